The van der Waals surface area contributed by atoms with E-state index in [9.17, 15) is 9.59 Å². The second kappa shape index (κ2) is 9.12. The SMILES string of the molecule is CCCNC(=O)NC(=O)CSc1nc(Cc2ccccc2)c(C)[nH]1. The highest BCUT2D eigenvalue weighted by atomic mass is 32.2. The number of thioether (sulfide) groups is 1. The van der Waals surface area contributed by atoms with Crippen molar-refractivity contribution < 1.29 is 9.59 Å². The van der Waals surface area contributed by atoms with Crippen LogP contribution in [0, 0.1) is 6.92 Å². The van der Waals surface area contributed by atoms with Crippen molar-refractivity contribution in [2.24, 2.45) is 0 Å². The molecule has 7 heteroatoms. The lowest BCUT2D eigenvalue weighted by Gasteiger charge is -2.04. The third-order valence-corrected chi connectivity index (χ3v) is 4.18. The molecule has 0 unspecified atom stereocenters. The minimum Gasteiger partial charge on any atom is -0.338 e. The molecule has 0 bridgehead atoms. The second-order valence-electron chi connectivity index (χ2n) is 5.37. The monoisotopic (exact) mass is 346 g/mol. The van der Waals surface area contributed by atoms with Gasteiger partial charge in [0.05, 0.1) is 11.4 Å². The lowest BCUT2D eigenvalue weighted by atomic mass is 10.1. The van der Waals surface area contributed by atoms with Gasteiger partial charge in [-0.15, -0.1) is 0 Å². The van der Waals surface area contributed by atoms with Crippen molar-refractivity contribution in [2.45, 2.75) is 31.8 Å². The fourth-order valence-electron chi connectivity index (χ4n) is 2.08. The lowest BCUT2D eigenvalue weighted by molar-refractivity contribution is -0.117. The number of carbonyl (C=O) groups excluding carboxylic acids is 2. The Balaban J connectivity index is 1.84. The van der Waals surface area contributed by atoms with Crippen LogP contribution in [-0.2, 0) is 11.2 Å². The fourth-order valence-corrected chi connectivity index (χ4v) is 2.82. The minimum atomic E-state index is -0.456. The maximum Gasteiger partial charge on any atom is 0.321 e. The van der Waals surface area contributed by atoms with Crippen molar-refractivity contribution in [1.82, 2.24) is 20.6 Å². The first-order chi connectivity index (χ1) is 11.6. The Hall–Kier alpha value is -2.28. The topological polar surface area (TPSA) is 86.9 Å². The number of H-pyrrole nitrogens is 1. The van der Waals surface area contributed by atoms with Gasteiger partial charge in [-0.3, -0.25) is 10.1 Å². The molecule has 3 N–H and O–H groups in total. The number of rotatable bonds is 7. The Kier molecular flexibility index (Phi) is 6.87. The molecular weight excluding hydrogens is 324 g/mol. The number of amides is 3. The van der Waals surface area contributed by atoms with Crippen LogP contribution < -0.4 is 10.6 Å². The van der Waals surface area contributed by atoms with Crippen LogP contribution in [0.15, 0.2) is 35.5 Å². The highest BCUT2D eigenvalue weighted by Crippen LogP contribution is 2.18. The van der Waals surface area contributed by atoms with E-state index in [-0.39, 0.29) is 11.7 Å². The van der Waals surface area contributed by atoms with E-state index in [2.05, 4.69) is 32.7 Å². The number of hydrogen-bond donors (Lipinski definition) is 3. The summed E-state index contributed by atoms with van der Waals surface area (Å²) < 4.78 is 0. The molecule has 0 aliphatic heterocycles. The zero-order chi connectivity index (χ0) is 17.4. The molecule has 0 saturated heterocycles. The molecule has 0 radical (unpaired) electrons. The van der Waals surface area contributed by atoms with Gasteiger partial charge in [0.2, 0.25) is 5.91 Å². The molecule has 2 rings (SSSR count). The number of carbonyl (C=O) groups is 2. The summed E-state index contributed by atoms with van der Waals surface area (Å²) in [6, 6.07) is 9.65. The van der Waals surface area contributed by atoms with Crippen LogP contribution >= 0.6 is 11.8 Å². The summed E-state index contributed by atoms with van der Waals surface area (Å²) in [4.78, 5) is 30.9. The molecule has 1 aromatic carbocycles. The number of imidazole rings is 1. The number of benzene rings is 1. The molecule has 128 valence electrons. The molecule has 0 aliphatic rings. The number of imide groups is 1. The van der Waals surface area contributed by atoms with E-state index in [0.717, 1.165) is 24.2 Å². The van der Waals surface area contributed by atoms with Gasteiger partial charge in [-0.2, -0.15) is 0 Å². The Labute approximate surface area is 145 Å². The molecule has 1 aromatic heterocycles. The van der Waals surface area contributed by atoms with Gasteiger partial charge in [0.25, 0.3) is 0 Å². The molecule has 0 fully saturated rings. The Bertz CT molecular complexity index is 685. The lowest BCUT2D eigenvalue weighted by Crippen LogP contribution is -2.40. The average molecular weight is 346 g/mol. The van der Waals surface area contributed by atoms with Gasteiger partial charge >= 0.3 is 6.03 Å². The quantitative estimate of drug-likeness (QED) is 0.673. The molecule has 0 atom stereocenters. The van der Waals surface area contributed by atoms with Gasteiger partial charge < -0.3 is 10.3 Å². The zero-order valence-electron chi connectivity index (χ0n) is 13.9. The number of aryl methyl sites for hydroxylation is 1. The maximum atomic E-state index is 11.7. The molecule has 3 amide bonds. The smallest absolute Gasteiger partial charge is 0.321 e. The van der Waals surface area contributed by atoms with Gasteiger partial charge in [-0.1, -0.05) is 49.0 Å². The Morgan fingerprint density at radius 2 is 2.00 bits per heavy atom. The largest absolute Gasteiger partial charge is 0.338 e. The summed E-state index contributed by atoms with van der Waals surface area (Å²) in [5.74, 6) is -0.204. The number of aromatic nitrogens is 2. The van der Waals surface area contributed by atoms with E-state index >= 15 is 0 Å². The van der Waals surface area contributed by atoms with Gasteiger partial charge in [0, 0.05) is 18.7 Å². The number of hydrogen-bond acceptors (Lipinski definition) is 4. The third kappa shape index (κ3) is 5.73. The van der Waals surface area contributed by atoms with Crippen LogP contribution in [-0.4, -0.2) is 34.2 Å². The Morgan fingerprint density at radius 3 is 2.71 bits per heavy atom. The van der Waals surface area contributed by atoms with Gasteiger partial charge in [0.15, 0.2) is 5.16 Å². The van der Waals surface area contributed by atoms with Crippen LogP contribution in [0.4, 0.5) is 4.79 Å². The summed E-state index contributed by atoms with van der Waals surface area (Å²) in [5, 5.41) is 5.58. The van der Waals surface area contributed by atoms with Crippen molar-refractivity contribution in [3.63, 3.8) is 0 Å². The summed E-state index contributed by atoms with van der Waals surface area (Å²) in [5.41, 5.74) is 3.14. The maximum absolute atomic E-state index is 11.7. The number of urea groups is 1. The van der Waals surface area contributed by atoms with E-state index < -0.39 is 6.03 Å². The fraction of sp³-hybridized carbons (Fsp3) is 0.353. The highest BCUT2D eigenvalue weighted by molar-refractivity contribution is 7.99. The molecule has 0 saturated carbocycles. The van der Waals surface area contributed by atoms with Crippen molar-refractivity contribution >= 4 is 23.7 Å². The Morgan fingerprint density at radius 1 is 1.25 bits per heavy atom. The van der Waals surface area contributed by atoms with E-state index in [1.807, 2.05) is 32.0 Å². The molecule has 2 aromatic rings. The summed E-state index contributed by atoms with van der Waals surface area (Å²) in [6.45, 7) is 4.46. The predicted molar refractivity (Wildman–Crippen MR) is 95.1 cm³/mol. The number of nitrogens with one attached hydrogen (secondary N) is 3. The summed E-state index contributed by atoms with van der Waals surface area (Å²) in [7, 11) is 0. The zero-order valence-corrected chi connectivity index (χ0v) is 14.7. The van der Waals surface area contributed by atoms with Crippen molar-refractivity contribution in [3.05, 3.63) is 47.3 Å². The van der Waals surface area contributed by atoms with Crippen molar-refractivity contribution in [1.29, 1.82) is 0 Å². The number of aromatic amines is 1. The predicted octanol–water partition coefficient (Wildman–Crippen LogP) is 2.64. The van der Waals surface area contributed by atoms with Gasteiger partial charge in [0.1, 0.15) is 0 Å². The first-order valence-electron chi connectivity index (χ1n) is 7.88. The highest BCUT2D eigenvalue weighted by Gasteiger charge is 2.11. The summed E-state index contributed by atoms with van der Waals surface area (Å²) in [6.07, 6.45) is 1.57. The van der Waals surface area contributed by atoms with E-state index in [0.29, 0.717) is 11.7 Å². The standard InChI is InChI=1S/C17H22N4O2S/c1-3-9-18-16(23)21-15(22)11-24-17-19-12(2)14(20-17)10-13-7-5-4-6-8-13/h4-8H,3,9-11H2,1-2H3,(H,19,20)(H2,18,21,22,23). The molecular formula is C17H22N4O2S. The normalized spacial score (nSPS) is 10.4. The number of nitrogens with zero attached hydrogens (tertiary/aromatic N) is 1. The van der Waals surface area contributed by atoms with E-state index in [4.69, 9.17) is 0 Å². The molecule has 1 heterocycles. The third-order valence-electron chi connectivity index (χ3n) is 3.31. The van der Waals surface area contributed by atoms with Gasteiger partial charge in [-0.25, -0.2) is 9.78 Å². The van der Waals surface area contributed by atoms with Crippen LogP contribution in [0.3, 0.4) is 0 Å². The van der Waals surface area contributed by atoms with Crippen molar-refractivity contribution in [2.75, 3.05) is 12.3 Å². The first-order valence-corrected chi connectivity index (χ1v) is 8.87. The molecule has 6 nitrogen and oxygen atoms in total. The van der Waals surface area contributed by atoms with E-state index in [1.54, 1.807) is 0 Å². The van der Waals surface area contributed by atoms with Gasteiger partial charge in [-0.05, 0) is 18.9 Å². The van der Waals surface area contributed by atoms with Crippen LogP contribution in [0.25, 0.3) is 0 Å². The van der Waals surface area contributed by atoms with E-state index in [1.165, 1.54) is 17.3 Å². The first kappa shape index (κ1) is 18.1. The van der Waals surface area contributed by atoms with Crippen LogP contribution in [0.2, 0.25) is 0 Å². The second-order valence-corrected chi connectivity index (χ2v) is 6.33. The molecule has 0 aliphatic carbocycles. The molecule has 24 heavy (non-hydrogen) atoms. The minimum absolute atomic E-state index is 0.136. The summed E-state index contributed by atoms with van der Waals surface area (Å²) >= 11 is 1.28. The van der Waals surface area contributed by atoms with Crippen LogP contribution in [0.1, 0.15) is 30.3 Å². The average Bonchev–Trinajstić information content (AvgIpc) is 2.92. The van der Waals surface area contributed by atoms with Crippen LogP contribution in [0.5, 0.6) is 0 Å². The molecule has 0 spiro atoms. The van der Waals surface area contributed by atoms with Crippen molar-refractivity contribution in [3.8, 4) is 0 Å².